The van der Waals surface area contributed by atoms with Gasteiger partial charge in [0.05, 0.1) is 17.6 Å². The molecule has 2 N–H and O–H groups in total. The highest BCUT2D eigenvalue weighted by molar-refractivity contribution is 9.10. The number of hydrogen-bond acceptors (Lipinski definition) is 3. The summed E-state index contributed by atoms with van der Waals surface area (Å²) in [5.74, 6) is 0. The van der Waals surface area contributed by atoms with Crippen molar-refractivity contribution in [1.82, 2.24) is 4.98 Å². The van der Waals surface area contributed by atoms with Gasteiger partial charge in [-0.2, -0.15) is 13.2 Å². The van der Waals surface area contributed by atoms with Crippen molar-refractivity contribution in [3.05, 3.63) is 52.3 Å². The van der Waals surface area contributed by atoms with Crippen LogP contribution in [-0.4, -0.2) is 12.0 Å². The lowest BCUT2D eigenvalue weighted by molar-refractivity contribution is -0.141. The first-order valence-corrected chi connectivity index (χ1v) is 6.85. The van der Waals surface area contributed by atoms with Crippen molar-refractivity contribution in [2.24, 2.45) is 0 Å². The molecule has 1 aromatic carbocycles. The fraction of sp³-hybridized carbons (Fsp3) is 0.214. The van der Waals surface area contributed by atoms with Crippen LogP contribution in [0.3, 0.4) is 0 Å². The van der Waals surface area contributed by atoms with Crippen LogP contribution < -0.4 is 10.6 Å². The van der Waals surface area contributed by atoms with E-state index in [1.54, 1.807) is 11.9 Å². The van der Waals surface area contributed by atoms with Crippen molar-refractivity contribution >= 4 is 27.3 Å². The average Bonchev–Trinajstić information content (AvgIpc) is 2.37. The zero-order valence-electron chi connectivity index (χ0n) is 11.2. The lowest BCUT2D eigenvalue weighted by atomic mass is 10.2. The lowest BCUT2D eigenvalue weighted by Gasteiger charge is -2.22. The Morgan fingerprint density at radius 1 is 1.29 bits per heavy atom. The summed E-state index contributed by atoms with van der Waals surface area (Å²) in [4.78, 5) is 4.99. The van der Waals surface area contributed by atoms with E-state index in [9.17, 15) is 13.2 Å². The second-order valence-electron chi connectivity index (χ2n) is 4.61. The van der Waals surface area contributed by atoms with Crippen LogP contribution in [0.4, 0.5) is 24.5 Å². The second-order valence-corrected chi connectivity index (χ2v) is 5.53. The maximum absolute atomic E-state index is 12.7. The molecule has 3 nitrogen and oxygen atoms in total. The van der Waals surface area contributed by atoms with Crippen molar-refractivity contribution in [3.8, 4) is 0 Å². The molecule has 112 valence electrons. The quantitative estimate of drug-likeness (QED) is 0.897. The van der Waals surface area contributed by atoms with E-state index < -0.39 is 11.9 Å². The summed E-state index contributed by atoms with van der Waals surface area (Å²) in [5, 5.41) is 0. The molecule has 1 heterocycles. The highest BCUT2D eigenvalue weighted by Crippen LogP contribution is 2.32. The molecule has 0 aliphatic carbocycles. The molecule has 21 heavy (non-hydrogen) atoms. The molecule has 0 saturated carbocycles. The van der Waals surface area contributed by atoms with Crippen LogP contribution in [0.5, 0.6) is 0 Å². The maximum Gasteiger partial charge on any atom is 0.433 e. The van der Waals surface area contributed by atoms with E-state index in [1.165, 1.54) is 0 Å². The minimum Gasteiger partial charge on any atom is -0.396 e. The molecule has 0 atom stereocenters. The Morgan fingerprint density at radius 3 is 2.62 bits per heavy atom. The summed E-state index contributed by atoms with van der Waals surface area (Å²) < 4.78 is 39.1. The van der Waals surface area contributed by atoms with Crippen molar-refractivity contribution in [3.63, 3.8) is 0 Å². The SMILES string of the molecule is CN(Cc1cccc(Br)c1)c1cc(C(F)(F)F)ncc1N. The number of nitrogens with zero attached hydrogens (tertiary/aromatic N) is 2. The van der Waals surface area contributed by atoms with Crippen LogP contribution in [0.2, 0.25) is 0 Å². The number of nitrogens with two attached hydrogens (primary N) is 1. The van der Waals surface area contributed by atoms with Crippen LogP contribution in [0.25, 0.3) is 0 Å². The molecule has 0 fully saturated rings. The standard InChI is InChI=1S/C14H13BrF3N3/c1-21(8-9-3-2-4-10(15)5-9)12-6-13(14(16,17)18)20-7-11(12)19/h2-7H,8,19H2,1H3. The number of anilines is 2. The lowest BCUT2D eigenvalue weighted by Crippen LogP contribution is -2.19. The van der Waals surface area contributed by atoms with Gasteiger partial charge in [0.25, 0.3) is 0 Å². The van der Waals surface area contributed by atoms with Crippen molar-refractivity contribution < 1.29 is 13.2 Å². The molecule has 0 unspecified atom stereocenters. The van der Waals surface area contributed by atoms with Gasteiger partial charge in [0.2, 0.25) is 0 Å². The number of aromatic nitrogens is 1. The number of rotatable bonds is 3. The Bertz CT molecular complexity index is 644. The van der Waals surface area contributed by atoms with Gasteiger partial charge >= 0.3 is 6.18 Å². The summed E-state index contributed by atoms with van der Waals surface area (Å²) in [6.07, 6.45) is -3.45. The van der Waals surface area contributed by atoms with Gasteiger partial charge in [0, 0.05) is 18.1 Å². The molecule has 7 heteroatoms. The summed E-state index contributed by atoms with van der Waals surface area (Å²) in [7, 11) is 1.69. The Kier molecular flexibility index (Phi) is 4.41. The predicted molar refractivity (Wildman–Crippen MR) is 79.9 cm³/mol. The molecule has 0 amide bonds. The molecule has 0 spiro atoms. The van der Waals surface area contributed by atoms with E-state index in [1.807, 2.05) is 24.3 Å². The first kappa shape index (κ1) is 15.6. The molecular weight excluding hydrogens is 347 g/mol. The minimum atomic E-state index is -4.49. The van der Waals surface area contributed by atoms with Crippen molar-refractivity contribution in [2.75, 3.05) is 17.7 Å². The smallest absolute Gasteiger partial charge is 0.396 e. The first-order chi connectivity index (χ1) is 9.77. The van der Waals surface area contributed by atoms with Crippen LogP contribution >= 0.6 is 15.9 Å². The fourth-order valence-electron chi connectivity index (χ4n) is 1.94. The van der Waals surface area contributed by atoms with Crippen LogP contribution in [0.15, 0.2) is 41.0 Å². The number of nitrogen functional groups attached to an aromatic ring is 1. The Morgan fingerprint density at radius 2 is 2.00 bits per heavy atom. The van der Waals surface area contributed by atoms with Crippen LogP contribution in [0.1, 0.15) is 11.3 Å². The van der Waals surface area contributed by atoms with E-state index in [0.717, 1.165) is 22.3 Å². The van der Waals surface area contributed by atoms with E-state index >= 15 is 0 Å². The number of halogens is 4. The average molecular weight is 360 g/mol. The molecular formula is C14H13BrF3N3. The molecule has 0 radical (unpaired) electrons. The summed E-state index contributed by atoms with van der Waals surface area (Å²) in [6.45, 7) is 0.435. The monoisotopic (exact) mass is 359 g/mol. The third-order valence-corrected chi connectivity index (χ3v) is 3.42. The van der Waals surface area contributed by atoms with Gasteiger partial charge in [0.15, 0.2) is 0 Å². The summed E-state index contributed by atoms with van der Waals surface area (Å²) in [5.41, 5.74) is 6.25. The Hall–Kier alpha value is -1.76. The normalized spacial score (nSPS) is 11.5. The Labute approximate surface area is 128 Å². The molecule has 0 saturated heterocycles. The van der Waals surface area contributed by atoms with E-state index in [2.05, 4.69) is 20.9 Å². The number of alkyl halides is 3. The number of hydrogen-bond donors (Lipinski definition) is 1. The minimum absolute atomic E-state index is 0.209. The van der Waals surface area contributed by atoms with Gasteiger partial charge in [-0.25, -0.2) is 4.98 Å². The topological polar surface area (TPSA) is 42.2 Å². The number of benzene rings is 1. The molecule has 0 aliphatic heterocycles. The van der Waals surface area contributed by atoms with Gasteiger partial charge in [0.1, 0.15) is 5.69 Å². The largest absolute Gasteiger partial charge is 0.433 e. The number of pyridine rings is 1. The first-order valence-electron chi connectivity index (χ1n) is 6.05. The molecule has 2 rings (SSSR count). The third-order valence-electron chi connectivity index (χ3n) is 2.92. The second kappa shape index (κ2) is 5.93. The Balaban J connectivity index is 2.28. The van der Waals surface area contributed by atoms with E-state index in [-0.39, 0.29) is 5.69 Å². The zero-order valence-corrected chi connectivity index (χ0v) is 12.7. The van der Waals surface area contributed by atoms with Gasteiger partial charge < -0.3 is 10.6 Å². The van der Waals surface area contributed by atoms with Gasteiger partial charge in [-0.3, -0.25) is 0 Å². The molecule has 1 aromatic heterocycles. The summed E-state index contributed by atoms with van der Waals surface area (Å²) >= 11 is 3.36. The third kappa shape index (κ3) is 3.87. The van der Waals surface area contributed by atoms with Gasteiger partial charge in [-0.05, 0) is 23.8 Å². The molecule has 0 aliphatic rings. The predicted octanol–water partition coefficient (Wildman–Crippen LogP) is 4.08. The van der Waals surface area contributed by atoms with Crippen LogP contribution in [0, 0.1) is 0 Å². The van der Waals surface area contributed by atoms with E-state index in [4.69, 9.17) is 5.73 Å². The summed E-state index contributed by atoms with van der Waals surface area (Å²) in [6, 6.07) is 8.51. The van der Waals surface area contributed by atoms with Crippen molar-refractivity contribution in [1.29, 1.82) is 0 Å². The molecule has 2 aromatic rings. The molecule has 0 bridgehead atoms. The van der Waals surface area contributed by atoms with Crippen LogP contribution in [-0.2, 0) is 12.7 Å². The zero-order chi connectivity index (χ0) is 15.6. The van der Waals surface area contributed by atoms with Gasteiger partial charge in [-0.1, -0.05) is 28.1 Å². The highest BCUT2D eigenvalue weighted by atomic mass is 79.9. The maximum atomic E-state index is 12.7. The fourth-order valence-corrected chi connectivity index (χ4v) is 2.38. The highest BCUT2D eigenvalue weighted by Gasteiger charge is 2.33. The van der Waals surface area contributed by atoms with Crippen molar-refractivity contribution in [2.45, 2.75) is 12.7 Å². The van der Waals surface area contributed by atoms with E-state index in [0.29, 0.717) is 12.2 Å². The van der Waals surface area contributed by atoms with Gasteiger partial charge in [-0.15, -0.1) is 0 Å².